The molecule has 5 nitrogen and oxygen atoms in total. The van der Waals surface area contributed by atoms with Gasteiger partial charge in [0.15, 0.2) is 0 Å². The summed E-state index contributed by atoms with van der Waals surface area (Å²) in [5, 5.41) is 7.92. The van der Waals surface area contributed by atoms with Gasteiger partial charge in [-0.25, -0.2) is 0 Å². The molecule has 0 saturated heterocycles. The van der Waals surface area contributed by atoms with E-state index in [9.17, 15) is 0 Å². The summed E-state index contributed by atoms with van der Waals surface area (Å²) in [5.41, 5.74) is 5.73. The molecular weight excluding hydrogens is 166 g/mol. The number of fused-ring (bicyclic) bond motifs is 1. The van der Waals surface area contributed by atoms with Crippen LogP contribution in [0.3, 0.4) is 0 Å². The van der Waals surface area contributed by atoms with Crippen LogP contribution in [0.2, 0.25) is 0 Å². The molecule has 5 heteroatoms. The Morgan fingerprint density at radius 2 is 2.46 bits per heavy atom. The van der Waals surface area contributed by atoms with Crippen LogP contribution in [-0.4, -0.2) is 38.8 Å². The van der Waals surface area contributed by atoms with E-state index in [1.807, 2.05) is 6.92 Å². The molecular formula is C8H15N5. The fourth-order valence-corrected chi connectivity index (χ4v) is 1.68. The lowest BCUT2D eigenvalue weighted by Crippen LogP contribution is -2.40. The van der Waals surface area contributed by atoms with Gasteiger partial charge in [0, 0.05) is 25.7 Å². The Balaban J connectivity index is 2.00. The van der Waals surface area contributed by atoms with Gasteiger partial charge in [0.2, 0.25) is 0 Å². The van der Waals surface area contributed by atoms with Crippen LogP contribution in [0.1, 0.15) is 12.7 Å². The van der Waals surface area contributed by atoms with Crippen LogP contribution in [0.4, 0.5) is 0 Å². The third-order valence-corrected chi connectivity index (χ3v) is 2.26. The molecule has 0 saturated carbocycles. The van der Waals surface area contributed by atoms with Crippen molar-refractivity contribution in [3.63, 3.8) is 0 Å². The van der Waals surface area contributed by atoms with Crippen molar-refractivity contribution < 1.29 is 0 Å². The number of nitrogens with zero attached hydrogens (tertiary/aromatic N) is 4. The molecule has 0 aliphatic carbocycles. The fourth-order valence-electron chi connectivity index (χ4n) is 1.68. The molecule has 1 aromatic rings. The summed E-state index contributed by atoms with van der Waals surface area (Å²) in [4.78, 5) is 2.31. The van der Waals surface area contributed by atoms with E-state index in [0.717, 1.165) is 32.0 Å². The first-order valence-corrected chi connectivity index (χ1v) is 4.60. The van der Waals surface area contributed by atoms with E-state index in [4.69, 9.17) is 5.73 Å². The highest BCUT2D eigenvalue weighted by molar-refractivity contribution is 4.90. The summed E-state index contributed by atoms with van der Waals surface area (Å²) in [6, 6.07) is 0.231. The zero-order valence-electron chi connectivity index (χ0n) is 7.85. The largest absolute Gasteiger partial charge is 0.327 e. The van der Waals surface area contributed by atoms with E-state index < -0.39 is 0 Å². The van der Waals surface area contributed by atoms with Crippen molar-refractivity contribution in [2.75, 3.05) is 13.1 Å². The highest BCUT2D eigenvalue weighted by Crippen LogP contribution is 2.08. The predicted octanol–water partition coefficient (Wildman–Crippen LogP) is -0.559. The van der Waals surface area contributed by atoms with Crippen LogP contribution >= 0.6 is 0 Å². The normalized spacial score (nSPS) is 19.8. The minimum Gasteiger partial charge on any atom is -0.327 e. The Morgan fingerprint density at radius 3 is 3.23 bits per heavy atom. The summed E-state index contributed by atoms with van der Waals surface area (Å²) < 4.78 is 2.09. The fraction of sp³-hybridized carbons (Fsp3) is 0.750. The third kappa shape index (κ3) is 1.87. The average molecular weight is 181 g/mol. The predicted molar refractivity (Wildman–Crippen MR) is 48.9 cm³/mol. The van der Waals surface area contributed by atoms with Gasteiger partial charge in [-0.2, -0.15) is 0 Å². The van der Waals surface area contributed by atoms with Crippen molar-refractivity contribution in [2.24, 2.45) is 5.73 Å². The lowest BCUT2D eigenvalue weighted by atomic mass is 10.3. The van der Waals surface area contributed by atoms with Crippen molar-refractivity contribution in [1.29, 1.82) is 0 Å². The molecule has 1 atom stereocenters. The van der Waals surface area contributed by atoms with Crippen molar-refractivity contribution in [1.82, 2.24) is 19.7 Å². The maximum atomic E-state index is 5.73. The molecule has 1 aromatic heterocycles. The van der Waals surface area contributed by atoms with Gasteiger partial charge in [-0.1, -0.05) is 0 Å². The number of hydrogen-bond donors (Lipinski definition) is 1. The van der Waals surface area contributed by atoms with Crippen LogP contribution in [-0.2, 0) is 13.1 Å². The Kier molecular flexibility index (Phi) is 2.28. The summed E-state index contributed by atoms with van der Waals surface area (Å²) >= 11 is 0. The minimum absolute atomic E-state index is 0.231. The molecule has 1 aliphatic heterocycles. The lowest BCUT2D eigenvalue weighted by molar-refractivity contribution is 0.208. The standard InChI is InChI=1S/C8H15N5/c1-7(9)4-12-2-3-13-6-10-11-8(13)5-12/h6-7H,2-5,9H2,1H3/t7-/m0/s1. The SMILES string of the molecule is C[C@H](N)CN1CCn2cnnc2C1. The highest BCUT2D eigenvalue weighted by atomic mass is 15.3. The average Bonchev–Trinajstić information content (AvgIpc) is 2.49. The Hall–Kier alpha value is -0.940. The van der Waals surface area contributed by atoms with Crippen molar-refractivity contribution >= 4 is 0 Å². The Bertz CT molecular complexity index is 280. The summed E-state index contributed by atoms with van der Waals surface area (Å²) in [7, 11) is 0. The van der Waals surface area contributed by atoms with Crippen LogP contribution in [0.25, 0.3) is 0 Å². The van der Waals surface area contributed by atoms with Crippen LogP contribution < -0.4 is 5.73 Å². The Labute approximate surface area is 77.5 Å². The van der Waals surface area contributed by atoms with Crippen LogP contribution in [0, 0.1) is 0 Å². The number of nitrogens with two attached hydrogens (primary N) is 1. The first-order valence-electron chi connectivity index (χ1n) is 4.60. The zero-order chi connectivity index (χ0) is 9.26. The van der Waals surface area contributed by atoms with E-state index in [0.29, 0.717) is 0 Å². The molecule has 0 aromatic carbocycles. The van der Waals surface area contributed by atoms with Gasteiger partial charge in [0.1, 0.15) is 12.2 Å². The molecule has 1 aliphatic rings. The molecule has 0 unspecified atom stereocenters. The number of hydrogen-bond acceptors (Lipinski definition) is 4. The van der Waals surface area contributed by atoms with Crippen molar-refractivity contribution in [2.45, 2.75) is 26.1 Å². The van der Waals surface area contributed by atoms with Crippen molar-refractivity contribution in [3.05, 3.63) is 12.2 Å². The van der Waals surface area contributed by atoms with Gasteiger partial charge >= 0.3 is 0 Å². The van der Waals surface area contributed by atoms with Gasteiger partial charge in [-0.05, 0) is 6.92 Å². The van der Waals surface area contributed by atoms with Gasteiger partial charge in [0.25, 0.3) is 0 Å². The van der Waals surface area contributed by atoms with Crippen LogP contribution in [0.5, 0.6) is 0 Å². The van der Waals surface area contributed by atoms with Gasteiger partial charge in [-0.3, -0.25) is 4.90 Å². The molecule has 72 valence electrons. The second kappa shape index (κ2) is 3.43. The van der Waals surface area contributed by atoms with E-state index >= 15 is 0 Å². The number of aromatic nitrogens is 3. The quantitative estimate of drug-likeness (QED) is 0.664. The molecule has 2 rings (SSSR count). The van der Waals surface area contributed by atoms with Gasteiger partial charge in [-0.15, -0.1) is 10.2 Å². The molecule has 2 heterocycles. The minimum atomic E-state index is 0.231. The second-order valence-corrected chi connectivity index (χ2v) is 3.65. The van der Waals surface area contributed by atoms with E-state index in [1.165, 1.54) is 0 Å². The van der Waals surface area contributed by atoms with Crippen molar-refractivity contribution in [3.8, 4) is 0 Å². The highest BCUT2D eigenvalue weighted by Gasteiger charge is 2.17. The summed E-state index contributed by atoms with van der Waals surface area (Å²) in [5.74, 6) is 1.05. The summed E-state index contributed by atoms with van der Waals surface area (Å²) in [6.45, 7) is 5.87. The molecule has 2 N–H and O–H groups in total. The third-order valence-electron chi connectivity index (χ3n) is 2.26. The first-order chi connectivity index (χ1) is 6.25. The molecule has 0 spiro atoms. The molecule has 13 heavy (non-hydrogen) atoms. The monoisotopic (exact) mass is 181 g/mol. The Morgan fingerprint density at radius 1 is 1.62 bits per heavy atom. The topological polar surface area (TPSA) is 60.0 Å². The zero-order valence-corrected chi connectivity index (χ0v) is 7.85. The first kappa shape index (κ1) is 8.65. The van der Waals surface area contributed by atoms with Crippen LogP contribution in [0.15, 0.2) is 6.33 Å². The summed E-state index contributed by atoms with van der Waals surface area (Å²) in [6.07, 6.45) is 1.79. The van der Waals surface area contributed by atoms with E-state index in [-0.39, 0.29) is 6.04 Å². The maximum Gasteiger partial charge on any atom is 0.147 e. The maximum absolute atomic E-state index is 5.73. The smallest absolute Gasteiger partial charge is 0.147 e. The van der Waals surface area contributed by atoms with E-state index in [2.05, 4.69) is 19.7 Å². The van der Waals surface area contributed by atoms with E-state index in [1.54, 1.807) is 6.33 Å². The van der Waals surface area contributed by atoms with Gasteiger partial charge in [0.05, 0.1) is 6.54 Å². The molecule has 0 radical (unpaired) electrons. The second-order valence-electron chi connectivity index (χ2n) is 3.65. The molecule has 0 bridgehead atoms. The lowest BCUT2D eigenvalue weighted by Gasteiger charge is -2.27. The molecule has 0 fully saturated rings. The van der Waals surface area contributed by atoms with Gasteiger partial charge < -0.3 is 10.3 Å². The molecule has 0 amide bonds. The number of rotatable bonds is 2.